The first kappa shape index (κ1) is 10.4. The number of rotatable bonds is 4. The lowest BCUT2D eigenvalue weighted by Crippen LogP contribution is -2.11. The van der Waals surface area contributed by atoms with Gasteiger partial charge in [0, 0.05) is 4.90 Å². The van der Waals surface area contributed by atoms with Crippen LogP contribution < -0.4 is 0 Å². The Morgan fingerprint density at radius 3 is 2.46 bits per heavy atom. The molecule has 1 aromatic rings. The molecule has 1 atom stereocenters. The molecule has 70 valence electrons. The van der Waals surface area contributed by atoms with Gasteiger partial charge in [0.1, 0.15) is 0 Å². The second kappa shape index (κ2) is 5.14. The third kappa shape index (κ3) is 3.28. The van der Waals surface area contributed by atoms with Crippen molar-refractivity contribution in [2.45, 2.75) is 4.90 Å². The van der Waals surface area contributed by atoms with Crippen molar-refractivity contribution in [3.05, 3.63) is 30.3 Å². The number of Topliss-reactive ketones (excluding diaryl/α,β-unsaturated/α-hetero) is 1. The van der Waals surface area contributed by atoms with Gasteiger partial charge in [-0.3, -0.25) is 9.00 Å². The summed E-state index contributed by atoms with van der Waals surface area (Å²) in [6, 6.07) is 8.89. The lowest BCUT2D eigenvalue weighted by atomic mass is 10.4. The van der Waals surface area contributed by atoms with Gasteiger partial charge in [-0.15, -0.1) is 11.6 Å². The van der Waals surface area contributed by atoms with Crippen LogP contribution in [-0.4, -0.2) is 21.6 Å². The molecule has 0 amide bonds. The molecular weight excluding hydrogens is 208 g/mol. The van der Waals surface area contributed by atoms with E-state index < -0.39 is 10.8 Å². The second-order valence-electron chi connectivity index (χ2n) is 2.48. The number of carbonyl (C=O) groups excluding carboxylic acids is 1. The largest absolute Gasteiger partial charge is 0.297 e. The lowest BCUT2D eigenvalue weighted by Gasteiger charge is -1.98. The zero-order valence-electron chi connectivity index (χ0n) is 6.90. The highest BCUT2D eigenvalue weighted by molar-refractivity contribution is 7.85. The number of halogens is 1. The number of hydrogen-bond donors (Lipinski definition) is 0. The summed E-state index contributed by atoms with van der Waals surface area (Å²) in [6.45, 7) is 0. The van der Waals surface area contributed by atoms with E-state index in [1.807, 2.05) is 6.07 Å². The molecule has 0 heterocycles. The molecule has 0 spiro atoms. The fourth-order valence-electron chi connectivity index (χ4n) is 0.840. The van der Waals surface area contributed by atoms with Crippen molar-refractivity contribution in [2.24, 2.45) is 0 Å². The van der Waals surface area contributed by atoms with Gasteiger partial charge in [0.2, 0.25) is 0 Å². The molecule has 0 aliphatic rings. The number of carbonyl (C=O) groups is 1. The Balaban J connectivity index is 2.65. The summed E-state index contributed by atoms with van der Waals surface area (Å²) in [5.41, 5.74) is 0. The van der Waals surface area contributed by atoms with E-state index in [2.05, 4.69) is 0 Å². The fourth-order valence-corrected chi connectivity index (χ4v) is 2.07. The van der Waals surface area contributed by atoms with Gasteiger partial charge in [0.15, 0.2) is 5.78 Å². The van der Waals surface area contributed by atoms with Crippen LogP contribution in [0.2, 0.25) is 0 Å². The topological polar surface area (TPSA) is 34.1 Å². The molecule has 0 aliphatic heterocycles. The van der Waals surface area contributed by atoms with Crippen LogP contribution in [0.1, 0.15) is 0 Å². The predicted octanol–water partition coefficient (Wildman–Crippen LogP) is 1.60. The molecule has 0 saturated carbocycles. The smallest absolute Gasteiger partial charge is 0.160 e. The third-order valence-corrected chi connectivity index (χ3v) is 3.13. The molecule has 0 bridgehead atoms. The Morgan fingerprint density at radius 1 is 1.31 bits per heavy atom. The molecule has 0 aromatic heterocycles. The first-order valence-electron chi connectivity index (χ1n) is 3.75. The molecule has 1 unspecified atom stereocenters. The van der Waals surface area contributed by atoms with Gasteiger partial charge < -0.3 is 0 Å². The summed E-state index contributed by atoms with van der Waals surface area (Å²) >= 11 is 5.30. The van der Waals surface area contributed by atoms with Crippen LogP contribution in [0.4, 0.5) is 0 Å². The average Bonchev–Trinajstić information content (AvgIpc) is 2.19. The maximum atomic E-state index is 11.4. The van der Waals surface area contributed by atoms with Crippen molar-refractivity contribution in [3.8, 4) is 0 Å². The van der Waals surface area contributed by atoms with E-state index in [9.17, 15) is 9.00 Å². The minimum Gasteiger partial charge on any atom is -0.297 e. The fraction of sp³-hybridized carbons (Fsp3) is 0.222. The van der Waals surface area contributed by atoms with Crippen molar-refractivity contribution in [1.29, 1.82) is 0 Å². The summed E-state index contributed by atoms with van der Waals surface area (Å²) in [7, 11) is -1.25. The van der Waals surface area contributed by atoms with Gasteiger partial charge in [0.05, 0.1) is 22.4 Å². The Bertz CT molecular complexity index is 311. The molecule has 1 rings (SSSR count). The van der Waals surface area contributed by atoms with Crippen LogP contribution in [0.15, 0.2) is 35.2 Å². The van der Waals surface area contributed by atoms with Crippen molar-refractivity contribution in [2.75, 3.05) is 11.6 Å². The summed E-state index contributed by atoms with van der Waals surface area (Å²) in [5.74, 6) is -0.254. The van der Waals surface area contributed by atoms with Gasteiger partial charge in [0.25, 0.3) is 0 Å². The molecule has 13 heavy (non-hydrogen) atoms. The van der Waals surface area contributed by atoms with E-state index in [-0.39, 0.29) is 17.4 Å². The first-order chi connectivity index (χ1) is 6.24. The Hall–Kier alpha value is -0.670. The molecular formula is C9H9ClO2S. The van der Waals surface area contributed by atoms with Crippen LogP contribution in [0, 0.1) is 0 Å². The van der Waals surface area contributed by atoms with Gasteiger partial charge in [-0.1, -0.05) is 18.2 Å². The maximum absolute atomic E-state index is 11.4. The molecule has 0 saturated heterocycles. The third-order valence-electron chi connectivity index (χ3n) is 1.45. The van der Waals surface area contributed by atoms with Crippen molar-refractivity contribution in [1.82, 2.24) is 0 Å². The van der Waals surface area contributed by atoms with Crippen molar-refractivity contribution < 1.29 is 9.00 Å². The molecule has 0 N–H and O–H groups in total. The number of benzene rings is 1. The van der Waals surface area contributed by atoms with Crippen molar-refractivity contribution in [3.63, 3.8) is 0 Å². The minimum atomic E-state index is -1.25. The zero-order valence-corrected chi connectivity index (χ0v) is 8.48. The summed E-state index contributed by atoms with van der Waals surface area (Å²) in [5, 5.41) is 0. The Kier molecular flexibility index (Phi) is 4.12. The molecule has 1 aromatic carbocycles. The summed E-state index contributed by atoms with van der Waals surface area (Å²) < 4.78 is 11.4. The number of ketones is 1. The van der Waals surface area contributed by atoms with Crippen LogP contribution in [0.3, 0.4) is 0 Å². The SMILES string of the molecule is O=C(CCl)CS(=O)c1ccccc1. The van der Waals surface area contributed by atoms with Crippen molar-refractivity contribution >= 4 is 28.2 Å². The van der Waals surface area contributed by atoms with E-state index in [4.69, 9.17) is 11.6 Å². The standard InChI is InChI=1S/C9H9ClO2S/c10-6-8(11)7-13(12)9-4-2-1-3-5-9/h1-5H,6-7H2. The predicted molar refractivity (Wildman–Crippen MR) is 53.4 cm³/mol. The van der Waals surface area contributed by atoms with E-state index in [1.165, 1.54) is 0 Å². The number of hydrogen-bond acceptors (Lipinski definition) is 2. The average molecular weight is 217 g/mol. The minimum absolute atomic E-state index is 0.00745. The molecule has 4 heteroatoms. The highest BCUT2D eigenvalue weighted by atomic mass is 35.5. The Labute approximate surface area is 84.4 Å². The van der Waals surface area contributed by atoms with E-state index in [1.54, 1.807) is 24.3 Å². The lowest BCUT2D eigenvalue weighted by molar-refractivity contribution is -0.114. The first-order valence-corrected chi connectivity index (χ1v) is 5.60. The number of alkyl halides is 1. The van der Waals surface area contributed by atoms with Gasteiger partial charge in [-0.05, 0) is 12.1 Å². The van der Waals surface area contributed by atoms with Gasteiger partial charge in [-0.2, -0.15) is 0 Å². The normalized spacial score (nSPS) is 12.4. The van der Waals surface area contributed by atoms with Crippen LogP contribution in [-0.2, 0) is 15.6 Å². The summed E-state index contributed by atoms with van der Waals surface area (Å²) in [6.07, 6.45) is 0. The van der Waals surface area contributed by atoms with Gasteiger partial charge in [-0.25, -0.2) is 0 Å². The van der Waals surface area contributed by atoms with Crippen LogP contribution >= 0.6 is 11.6 Å². The quantitative estimate of drug-likeness (QED) is 0.717. The summed E-state index contributed by atoms with van der Waals surface area (Å²) in [4.78, 5) is 11.5. The van der Waals surface area contributed by atoms with Crippen LogP contribution in [0.5, 0.6) is 0 Å². The van der Waals surface area contributed by atoms with E-state index in [0.717, 1.165) is 0 Å². The highest BCUT2D eigenvalue weighted by Gasteiger charge is 2.07. The monoisotopic (exact) mass is 216 g/mol. The molecule has 2 nitrogen and oxygen atoms in total. The molecule has 0 aliphatic carbocycles. The van der Waals surface area contributed by atoms with E-state index in [0.29, 0.717) is 4.90 Å². The molecule has 0 fully saturated rings. The highest BCUT2D eigenvalue weighted by Crippen LogP contribution is 2.05. The molecule has 0 radical (unpaired) electrons. The van der Waals surface area contributed by atoms with E-state index >= 15 is 0 Å². The van der Waals surface area contributed by atoms with Gasteiger partial charge >= 0.3 is 0 Å². The maximum Gasteiger partial charge on any atom is 0.160 e. The Morgan fingerprint density at radius 2 is 1.92 bits per heavy atom. The van der Waals surface area contributed by atoms with Crippen LogP contribution in [0.25, 0.3) is 0 Å². The zero-order chi connectivity index (χ0) is 9.68. The second-order valence-corrected chi connectivity index (χ2v) is 4.19.